The van der Waals surface area contributed by atoms with Gasteiger partial charge in [0.1, 0.15) is 5.60 Å². The highest BCUT2D eigenvalue weighted by molar-refractivity contribution is 5.67. The van der Waals surface area contributed by atoms with Crippen LogP contribution in [0, 0.1) is 0 Å². The number of alkyl carbamates (subject to hydrolysis) is 1. The molecule has 0 saturated carbocycles. The molecule has 0 aromatic heterocycles. The largest absolute Gasteiger partial charge is 0.444 e. The van der Waals surface area contributed by atoms with Gasteiger partial charge >= 0.3 is 6.09 Å². The summed E-state index contributed by atoms with van der Waals surface area (Å²) in [5.41, 5.74) is -0.447. The van der Waals surface area contributed by atoms with E-state index >= 15 is 0 Å². The molecule has 5 nitrogen and oxygen atoms in total. The minimum absolute atomic E-state index is 0.0718. The molecule has 1 aliphatic heterocycles. The number of hydrogen-bond donors (Lipinski definition) is 1. The highest BCUT2D eigenvalue weighted by Crippen LogP contribution is 2.10. The zero-order valence-electron chi connectivity index (χ0n) is 9.87. The molecule has 1 atom stereocenters. The van der Waals surface area contributed by atoms with Crippen LogP contribution < -0.4 is 5.32 Å². The number of nitrogens with one attached hydrogen (secondary N) is 1. The second kappa shape index (κ2) is 4.81. The first-order chi connectivity index (χ1) is 6.87. The fraction of sp³-hybridized carbons (Fsp3) is 0.900. The van der Waals surface area contributed by atoms with E-state index in [9.17, 15) is 4.79 Å². The van der Waals surface area contributed by atoms with Crippen LogP contribution in [0.4, 0.5) is 4.79 Å². The van der Waals surface area contributed by atoms with Gasteiger partial charge < -0.3 is 10.1 Å². The molecule has 0 bridgehead atoms. The third kappa shape index (κ3) is 4.99. The second-order valence-corrected chi connectivity index (χ2v) is 4.75. The molecule has 1 heterocycles. The number of ether oxygens (including phenoxy) is 1. The molecule has 15 heavy (non-hydrogen) atoms. The van der Waals surface area contributed by atoms with Crippen LogP contribution in [-0.2, 0) is 9.57 Å². The molecule has 1 unspecified atom stereocenters. The molecule has 0 aromatic carbocycles. The molecule has 1 aliphatic rings. The van der Waals surface area contributed by atoms with Gasteiger partial charge in [-0.3, -0.25) is 4.84 Å². The summed E-state index contributed by atoms with van der Waals surface area (Å²) in [4.78, 5) is 16.7. The number of nitrogens with zero attached hydrogens (tertiary/aromatic N) is 1. The average Bonchev–Trinajstić information content (AvgIpc) is 2.45. The quantitative estimate of drug-likeness (QED) is 0.752. The minimum atomic E-state index is -0.447. The average molecular weight is 216 g/mol. The lowest BCUT2D eigenvalue weighted by Gasteiger charge is -2.20. The molecule has 1 N–H and O–H groups in total. The molecular formula is C10H20N2O3. The van der Waals surface area contributed by atoms with Crippen LogP contribution in [0.15, 0.2) is 0 Å². The Labute approximate surface area is 90.7 Å². The van der Waals surface area contributed by atoms with Gasteiger partial charge in [0.2, 0.25) is 0 Å². The van der Waals surface area contributed by atoms with Crippen molar-refractivity contribution in [1.82, 2.24) is 10.4 Å². The van der Waals surface area contributed by atoms with Crippen molar-refractivity contribution in [1.29, 1.82) is 0 Å². The number of carbonyl (C=O) groups is 1. The van der Waals surface area contributed by atoms with Crippen LogP contribution in [0.5, 0.6) is 0 Å². The van der Waals surface area contributed by atoms with E-state index in [4.69, 9.17) is 9.57 Å². The standard InChI is InChI=1S/C10H20N2O3/c1-10(2,3)14-9(13)11-7-8-5-6-12(4)15-8/h8H,5-7H2,1-4H3,(H,11,13). The van der Waals surface area contributed by atoms with Crippen LogP contribution in [0.3, 0.4) is 0 Å². The van der Waals surface area contributed by atoms with Gasteiger partial charge in [-0.25, -0.2) is 4.79 Å². The molecule has 5 heteroatoms. The van der Waals surface area contributed by atoms with Crippen molar-refractivity contribution in [3.63, 3.8) is 0 Å². The molecule has 0 radical (unpaired) electrons. The van der Waals surface area contributed by atoms with E-state index in [2.05, 4.69) is 5.32 Å². The maximum absolute atomic E-state index is 11.3. The van der Waals surface area contributed by atoms with Crippen molar-refractivity contribution in [3.8, 4) is 0 Å². The maximum Gasteiger partial charge on any atom is 0.407 e. The first-order valence-electron chi connectivity index (χ1n) is 5.21. The van der Waals surface area contributed by atoms with Gasteiger partial charge in [-0.15, -0.1) is 0 Å². The van der Waals surface area contributed by atoms with Crippen LogP contribution >= 0.6 is 0 Å². The van der Waals surface area contributed by atoms with Crippen molar-refractivity contribution < 1.29 is 14.4 Å². The van der Waals surface area contributed by atoms with Crippen LogP contribution in [0.1, 0.15) is 27.2 Å². The van der Waals surface area contributed by atoms with E-state index in [1.54, 1.807) is 5.06 Å². The van der Waals surface area contributed by atoms with E-state index < -0.39 is 5.60 Å². The summed E-state index contributed by atoms with van der Waals surface area (Å²) in [6, 6.07) is 0. The molecule has 0 aliphatic carbocycles. The Kier molecular flexibility index (Phi) is 3.93. The van der Waals surface area contributed by atoms with Crippen LogP contribution in [0.2, 0.25) is 0 Å². The Balaban J connectivity index is 2.17. The lowest BCUT2D eigenvalue weighted by molar-refractivity contribution is -0.124. The monoisotopic (exact) mass is 216 g/mol. The second-order valence-electron chi connectivity index (χ2n) is 4.75. The van der Waals surface area contributed by atoms with E-state index in [1.807, 2.05) is 27.8 Å². The third-order valence-corrected chi connectivity index (χ3v) is 1.97. The smallest absolute Gasteiger partial charge is 0.407 e. The van der Waals surface area contributed by atoms with Crippen molar-refractivity contribution >= 4 is 6.09 Å². The van der Waals surface area contributed by atoms with E-state index in [1.165, 1.54) is 0 Å². The van der Waals surface area contributed by atoms with Crippen molar-refractivity contribution in [2.45, 2.75) is 38.9 Å². The molecule has 1 rings (SSSR count). The fourth-order valence-electron chi connectivity index (χ4n) is 1.34. The number of carbonyl (C=O) groups excluding carboxylic acids is 1. The SMILES string of the molecule is CN1CCC(CNC(=O)OC(C)(C)C)O1. The van der Waals surface area contributed by atoms with Gasteiger partial charge in [0.15, 0.2) is 0 Å². The Morgan fingerprint density at radius 1 is 1.60 bits per heavy atom. The van der Waals surface area contributed by atoms with Crippen molar-refractivity contribution in [2.24, 2.45) is 0 Å². The summed E-state index contributed by atoms with van der Waals surface area (Å²) in [7, 11) is 1.88. The summed E-state index contributed by atoms with van der Waals surface area (Å²) in [6.45, 7) is 6.92. The van der Waals surface area contributed by atoms with Gasteiger partial charge in [-0.1, -0.05) is 0 Å². The summed E-state index contributed by atoms with van der Waals surface area (Å²) < 4.78 is 5.11. The third-order valence-electron chi connectivity index (χ3n) is 1.97. The number of amides is 1. The summed E-state index contributed by atoms with van der Waals surface area (Å²) in [6.07, 6.45) is 0.620. The first-order valence-corrected chi connectivity index (χ1v) is 5.21. The Hall–Kier alpha value is -0.810. The molecular weight excluding hydrogens is 196 g/mol. The molecule has 88 valence electrons. The van der Waals surface area contributed by atoms with Crippen LogP contribution in [-0.4, -0.2) is 43.0 Å². The normalized spacial score (nSPS) is 22.8. The van der Waals surface area contributed by atoms with Crippen LogP contribution in [0.25, 0.3) is 0 Å². The summed E-state index contributed by atoms with van der Waals surface area (Å²) in [5, 5.41) is 4.47. The number of hydrogen-bond acceptors (Lipinski definition) is 4. The van der Waals surface area contributed by atoms with E-state index in [0.29, 0.717) is 6.54 Å². The summed E-state index contributed by atoms with van der Waals surface area (Å²) in [5.74, 6) is 0. The Morgan fingerprint density at radius 2 is 2.27 bits per heavy atom. The van der Waals surface area contributed by atoms with Gasteiger partial charge in [0.25, 0.3) is 0 Å². The minimum Gasteiger partial charge on any atom is -0.444 e. The number of hydroxylamine groups is 2. The van der Waals surface area contributed by atoms with Gasteiger partial charge in [-0.2, -0.15) is 5.06 Å². The zero-order valence-corrected chi connectivity index (χ0v) is 9.87. The van der Waals surface area contributed by atoms with Gasteiger partial charge in [-0.05, 0) is 27.2 Å². The molecule has 1 saturated heterocycles. The highest BCUT2D eigenvalue weighted by Gasteiger charge is 2.22. The lowest BCUT2D eigenvalue weighted by Crippen LogP contribution is -2.37. The van der Waals surface area contributed by atoms with Crippen molar-refractivity contribution in [3.05, 3.63) is 0 Å². The lowest BCUT2D eigenvalue weighted by atomic mass is 10.2. The molecule has 1 amide bonds. The van der Waals surface area contributed by atoms with E-state index in [0.717, 1.165) is 13.0 Å². The zero-order chi connectivity index (χ0) is 11.5. The van der Waals surface area contributed by atoms with Crippen molar-refractivity contribution in [2.75, 3.05) is 20.1 Å². The topological polar surface area (TPSA) is 50.8 Å². The molecule has 0 spiro atoms. The van der Waals surface area contributed by atoms with E-state index in [-0.39, 0.29) is 12.2 Å². The first kappa shape index (κ1) is 12.3. The molecule has 0 aromatic rings. The molecule has 1 fully saturated rings. The summed E-state index contributed by atoms with van der Waals surface area (Å²) >= 11 is 0. The fourth-order valence-corrected chi connectivity index (χ4v) is 1.34. The van der Waals surface area contributed by atoms with Gasteiger partial charge in [0, 0.05) is 20.1 Å². The number of rotatable bonds is 2. The van der Waals surface area contributed by atoms with Gasteiger partial charge in [0.05, 0.1) is 6.10 Å². The Bertz CT molecular complexity index is 225. The predicted molar refractivity (Wildman–Crippen MR) is 56.4 cm³/mol. The Morgan fingerprint density at radius 3 is 2.73 bits per heavy atom. The highest BCUT2D eigenvalue weighted by atomic mass is 16.7. The maximum atomic E-state index is 11.3. The predicted octanol–water partition coefficient (Wildman–Crippen LogP) is 1.15.